The quantitative estimate of drug-likeness (QED) is 0.626. The van der Waals surface area contributed by atoms with Crippen molar-refractivity contribution in [2.45, 2.75) is 11.9 Å². The van der Waals surface area contributed by atoms with Gasteiger partial charge in [-0.2, -0.15) is 0 Å². The highest BCUT2D eigenvalue weighted by molar-refractivity contribution is 9.09. The molecule has 12 heavy (non-hydrogen) atoms. The largest absolute Gasteiger partial charge is 0.373 e. The van der Waals surface area contributed by atoms with Crippen LogP contribution in [0.25, 0.3) is 0 Å². The molecule has 1 unspecified atom stereocenters. The van der Waals surface area contributed by atoms with Crippen molar-refractivity contribution in [3.8, 4) is 0 Å². The summed E-state index contributed by atoms with van der Waals surface area (Å²) in [5.74, 6) is -0.399. The number of halogens is 3. The van der Waals surface area contributed by atoms with Gasteiger partial charge in [0.05, 0.1) is 9.97 Å². The van der Waals surface area contributed by atoms with Crippen molar-refractivity contribution >= 4 is 33.2 Å². The van der Waals surface area contributed by atoms with E-state index in [1.54, 1.807) is 12.1 Å². The minimum atomic E-state index is -0.399. The topological polar surface area (TPSA) is 12.0 Å². The molecule has 1 atom stereocenters. The Labute approximate surface area is 84.0 Å². The predicted octanol–water partition coefficient (Wildman–Crippen LogP) is 3.63. The Morgan fingerprint density at radius 2 is 2.25 bits per heavy atom. The monoisotopic (exact) mass is 251 g/mol. The zero-order valence-corrected chi connectivity index (χ0v) is 8.79. The summed E-state index contributed by atoms with van der Waals surface area (Å²) in [4.78, 5) is 0.138. The minimum absolute atomic E-state index is 0.133. The van der Waals surface area contributed by atoms with Crippen LogP contribution in [0.3, 0.4) is 0 Å². The molecule has 0 saturated carbocycles. The summed E-state index contributed by atoms with van der Waals surface area (Å²) < 4.78 is 12.7. The molecule has 66 valence electrons. The summed E-state index contributed by atoms with van der Waals surface area (Å²) in [5.41, 5.74) is 0.797. The lowest BCUT2D eigenvalue weighted by atomic mass is 10.3. The first-order chi connectivity index (χ1) is 5.59. The maximum absolute atomic E-state index is 12.7. The number of hydrogen-bond acceptors (Lipinski definition) is 1. The molecule has 0 aliphatic rings. The van der Waals surface area contributed by atoms with Gasteiger partial charge in [0.2, 0.25) is 0 Å². The molecule has 1 aromatic carbocycles. The summed E-state index contributed by atoms with van der Waals surface area (Å²) in [7, 11) is 0. The van der Waals surface area contributed by atoms with E-state index in [9.17, 15) is 4.39 Å². The van der Waals surface area contributed by atoms with E-state index in [0.29, 0.717) is 0 Å². The average Bonchev–Trinajstić information content (AvgIpc) is 1.96. The minimum Gasteiger partial charge on any atom is -0.373 e. The second-order valence-electron chi connectivity index (χ2n) is 2.39. The molecule has 0 aliphatic heterocycles. The van der Waals surface area contributed by atoms with E-state index in [4.69, 9.17) is 11.6 Å². The van der Waals surface area contributed by atoms with Crippen LogP contribution in [0, 0.1) is 5.82 Å². The smallest absolute Gasteiger partial charge is 0.141 e. The highest BCUT2D eigenvalue weighted by Crippen LogP contribution is 2.20. The third kappa shape index (κ3) is 2.64. The van der Waals surface area contributed by atoms with Gasteiger partial charge in [-0.1, -0.05) is 27.5 Å². The lowest BCUT2D eigenvalue weighted by Crippen LogP contribution is -2.05. The average molecular weight is 253 g/mol. The van der Waals surface area contributed by atoms with Crippen molar-refractivity contribution < 1.29 is 4.39 Å². The molecule has 1 rings (SSSR count). The third-order valence-electron chi connectivity index (χ3n) is 1.29. The molecular weight excluding hydrogens is 244 g/mol. The van der Waals surface area contributed by atoms with Crippen LogP contribution < -0.4 is 5.32 Å². The molecule has 0 heterocycles. The Bertz CT molecular complexity index is 278. The van der Waals surface area contributed by atoms with Crippen LogP contribution >= 0.6 is 27.5 Å². The molecule has 1 aromatic rings. The van der Waals surface area contributed by atoms with Crippen molar-refractivity contribution in [3.05, 3.63) is 29.0 Å². The second-order valence-corrected chi connectivity index (χ2v) is 4.17. The van der Waals surface area contributed by atoms with Crippen molar-refractivity contribution in [3.63, 3.8) is 0 Å². The first kappa shape index (κ1) is 9.81. The van der Waals surface area contributed by atoms with Crippen LogP contribution in [-0.2, 0) is 0 Å². The number of nitrogens with one attached hydrogen (secondary N) is 1. The Balaban J connectivity index is 2.82. The summed E-state index contributed by atoms with van der Waals surface area (Å²) in [6.07, 6.45) is 0. The zero-order valence-electron chi connectivity index (χ0n) is 6.44. The number of rotatable bonds is 2. The van der Waals surface area contributed by atoms with Crippen LogP contribution in [0.15, 0.2) is 18.2 Å². The Hall–Kier alpha value is -0.280. The summed E-state index contributed by atoms with van der Waals surface area (Å²) in [5, 5.41) is 3.17. The second kappa shape index (κ2) is 4.10. The summed E-state index contributed by atoms with van der Waals surface area (Å²) >= 11 is 8.87. The van der Waals surface area contributed by atoms with E-state index >= 15 is 0 Å². The Morgan fingerprint density at radius 1 is 1.58 bits per heavy atom. The predicted molar refractivity (Wildman–Crippen MR) is 53.4 cm³/mol. The Kier molecular flexibility index (Phi) is 3.35. The van der Waals surface area contributed by atoms with Gasteiger partial charge in [0.15, 0.2) is 0 Å². The normalized spacial score (nSPS) is 12.7. The molecule has 0 saturated heterocycles. The fraction of sp³-hybridized carbons (Fsp3) is 0.250. The van der Waals surface area contributed by atoms with E-state index < -0.39 is 5.82 Å². The molecule has 0 aromatic heterocycles. The first-order valence-electron chi connectivity index (χ1n) is 3.45. The molecular formula is C8H8BrClFN. The maximum Gasteiger partial charge on any atom is 0.141 e. The van der Waals surface area contributed by atoms with Gasteiger partial charge in [-0.3, -0.25) is 0 Å². The van der Waals surface area contributed by atoms with Gasteiger partial charge in [-0.25, -0.2) is 4.39 Å². The molecule has 0 fully saturated rings. The van der Waals surface area contributed by atoms with Crippen molar-refractivity contribution in [1.29, 1.82) is 0 Å². The molecule has 0 bridgehead atoms. The molecule has 0 amide bonds. The molecule has 0 aliphatic carbocycles. The van der Waals surface area contributed by atoms with E-state index in [1.165, 1.54) is 6.07 Å². The van der Waals surface area contributed by atoms with Crippen LogP contribution in [-0.4, -0.2) is 4.95 Å². The zero-order chi connectivity index (χ0) is 9.14. The van der Waals surface area contributed by atoms with Gasteiger partial charge in [0.1, 0.15) is 5.82 Å². The number of hydrogen-bond donors (Lipinski definition) is 1. The maximum atomic E-state index is 12.7. The van der Waals surface area contributed by atoms with Crippen LogP contribution in [0.4, 0.5) is 10.1 Å². The summed E-state index contributed by atoms with van der Waals surface area (Å²) in [6, 6.07) is 4.52. The van der Waals surface area contributed by atoms with Gasteiger partial charge in [-0.15, -0.1) is 0 Å². The standard InChI is InChI=1S/C8H8BrClFN/c1-5(9)12-6-2-3-8(11)7(10)4-6/h2-5,12H,1H3. The molecule has 0 spiro atoms. The molecule has 1 nitrogen and oxygen atoms in total. The van der Waals surface area contributed by atoms with E-state index in [2.05, 4.69) is 21.2 Å². The van der Waals surface area contributed by atoms with Gasteiger partial charge in [-0.05, 0) is 25.1 Å². The van der Waals surface area contributed by atoms with Crippen molar-refractivity contribution in [1.82, 2.24) is 0 Å². The number of benzene rings is 1. The van der Waals surface area contributed by atoms with Crippen molar-refractivity contribution in [2.75, 3.05) is 5.32 Å². The fourth-order valence-corrected chi connectivity index (χ4v) is 1.26. The van der Waals surface area contributed by atoms with Gasteiger partial charge >= 0.3 is 0 Å². The van der Waals surface area contributed by atoms with Gasteiger partial charge in [0.25, 0.3) is 0 Å². The highest BCUT2D eigenvalue weighted by Gasteiger charge is 2.01. The fourth-order valence-electron chi connectivity index (χ4n) is 0.816. The number of alkyl halides is 1. The molecule has 0 radical (unpaired) electrons. The van der Waals surface area contributed by atoms with Crippen LogP contribution in [0.5, 0.6) is 0 Å². The third-order valence-corrected chi connectivity index (χ3v) is 1.80. The van der Waals surface area contributed by atoms with E-state index in [-0.39, 0.29) is 9.97 Å². The van der Waals surface area contributed by atoms with Crippen LogP contribution in [0.2, 0.25) is 5.02 Å². The summed E-state index contributed by atoms with van der Waals surface area (Å²) in [6.45, 7) is 1.93. The lowest BCUT2D eigenvalue weighted by Gasteiger charge is -2.08. The van der Waals surface area contributed by atoms with Gasteiger partial charge in [0, 0.05) is 5.69 Å². The van der Waals surface area contributed by atoms with Gasteiger partial charge < -0.3 is 5.32 Å². The SMILES string of the molecule is CC(Br)Nc1ccc(F)c(Cl)c1. The molecule has 1 N–H and O–H groups in total. The van der Waals surface area contributed by atoms with E-state index in [0.717, 1.165) is 5.69 Å². The van der Waals surface area contributed by atoms with Crippen LogP contribution in [0.1, 0.15) is 6.92 Å². The highest BCUT2D eigenvalue weighted by atomic mass is 79.9. The van der Waals surface area contributed by atoms with E-state index in [1.807, 2.05) is 6.92 Å². The molecule has 4 heteroatoms. The number of anilines is 1. The van der Waals surface area contributed by atoms with Crippen molar-refractivity contribution in [2.24, 2.45) is 0 Å². The first-order valence-corrected chi connectivity index (χ1v) is 4.74. The Morgan fingerprint density at radius 3 is 2.75 bits per heavy atom. The lowest BCUT2D eigenvalue weighted by molar-refractivity contribution is 0.628.